The molecule has 0 spiro atoms. The van der Waals surface area contributed by atoms with Crippen LogP contribution in [0.15, 0.2) is 40.7 Å². The number of hydrogen-bond donors (Lipinski definition) is 2. The molecule has 2 aliphatic heterocycles. The van der Waals surface area contributed by atoms with Gasteiger partial charge in [0.2, 0.25) is 0 Å². The molecule has 0 fully saturated rings. The molecular weight excluding hydrogens is 258 g/mol. The standard InChI is InChI=1S/C14H15N3O3/c18-12-10(8-9-4-1-2-5-15-9)20-14(19)11(12)13-16-6-3-7-17-13/h1-2,4-5,10,18H,3,6-8H2,(H,16,17)/t10-/m1/s1. The Bertz CT molecular complexity index is 581. The molecule has 0 aliphatic carbocycles. The second-order valence-electron chi connectivity index (χ2n) is 4.69. The summed E-state index contributed by atoms with van der Waals surface area (Å²) in [6.07, 6.45) is 2.26. The van der Waals surface area contributed by atoms with Gasteiger partial charge in [-0.15, -0.1) is 0 Å². The predicted octanol–water partition coefficient (Wildman–Crippen LogP) is 0.753. The molecule has 1 aromatic rings. The number of hydrogen-bond acceptors (Lipinski definition) is 6. The van der Waals surface area contributed by atoms with E-state index in [1.54, 1.807) is 6.20 Å². The fourth-order valence-corrected chi connectivity index (χ4v) is 2.27. The van der Waals surface area contributed by atoms with Crippen LogP contribution < -0.4 is 5.32 Å². The number of nitrogens with one attached hydrogen (secondary N) is 1. The molecule has 0 saturated heterocycles. The van der Waals surface area contributed by atoms with Crippen molar-refractivity contribution in [3.05, 3.63) is 41.4 Å². The van der Waals surface area contributed by atoms with E-state index in [2.05, 4.69) is 15.3 Å². The number of aliphatic hydroxyl groups excluding tert-OH is 1. The molecule has 2 aliphatic rings. The highest BCUT2D eigenvalue weighted by Crippen LogP contribution is 2.24. The van der Waals surface area contributed by atoms with Crippen LogP contribution in [-0.4, -0.2) is 41.1 Å². The summed E-state index contributed by atoms with van der Waals surface area (Å²) in [7, 11) is 0. The first-order chi connectivity index (χ1) is 9.75. The first-order valence-corrected chi connectivity index (χ1v) is 6.58. The Balaban J connectivity index is 1.83. The van der Waals surface area contributed by atoms with Gasteiger partial charge in [-0.1, -0.05) is 6.07 Å². The molecule has 0 amide bonds. The van der Waals surface area contributed by atoms with Crippen LogP contribution in [0, 0.1) is 0 Å². The summed E-state index contributed by atoms with van der Waals surface area (Å²) in [5, 5.41) is 13.2. The number of amidine groups is 1. The monoisotopic (exact) mass is 273 g/mol. The van der Waals surface area contributed by atoms with Gasteiger partial charge in [0, 0.05) is 31.4 Å². The number of aliphatic hydroxyl groups is 1. The molecule has 0 aromatic carbocycles. The van der Waals surface area contributed by atoms with Crippen LogP contribution in [0.1, 0.15) is 12.1 Å². The van der Waals surface area contributed by atoms with E-state index in [-0.39, 0.29) is 11.3 Å². The van der Waals surface area contributed by atoms with E-state index in [0.717, 1.165) is 18.7 Å². The molecule has 1 atom stereocenters. The number of rotatable bonds is 3. The summed E-state index contributed by atoms with van der Waals surface area (Å²) < 4.78 is 5.22. The Morgan fingerprint density at radius 1 is 1.45 bits per heavy atom. The molecule has 3 rings (SSSR count). The lowest BCUT2D eigenvalue weighted by molar-refractivity contribution is -0.139. The summed E-state index contributed by atoms with van der Waals surface area (Å²) in [6, 6.07) is 5.50. The topological polar surface area (TPSA) is 83.8 Å². The van der Waals surface area contributed by atoms with E-state index < -0.39 is 12.1 Å². The molecule has 20 heavy (non-hydrogen) atoms. The van der Waals surface area contributed by atoms with Gasteiger partial charge in [0.25, 0.3) is 0 Å². The largest absolute Gasteiger partial charge is 0.507 e. The minimum atomic E-state index is -0.682. The molecule has 0 bridgehead atoms. The normalized spacial score (nSPS) is 22.3. The maximum absolute atomic E-state index is 11.9. The zero-order valence-corrected chi connectivity index (χ0v) is 10.9. The van der Waals surface area contributed by atoms with Gasteiger partial charge in [0.15, 0.2) is 11.9 Å². The van der Waals surface area contributed by atoms with Crippen molar-refractivity contribution in [3.8, 4) is 0 Å². The zero-order valence-electron chi connectivity index (χ0n) is 10.9. The van der Waals surface area contributed by atoms with E-state index >= 15 is 0 Å². The van der Waals surface area contributed by atoms with Crippen LogP contribution in [0.4, 0.5) is 0 Å². The highest BCUT2D eigenvalue weighted by Gasteiger charge is 2.37. The van der Waals surface area contributed by atoms with Crippen molar-refractivity contribution >= 4 is 11.8 Å². The van der Waals surface area contributed by atoms with Gasteiger partial charge < -0.3 is 15.2 Å². The number of aromatic nitrogens is 1. The molecular formula is C14H15N3O3. The third kappa shape index (κ3) is 2.36. The molecule has 1 aromatic heterocycles. The van der Waals surface area contributed by atoms with Crippen LogP contribution in [0.3, 0.4) is 0 Å². The van der Waals surface area contributed by atoms with Crippen molar-refractivity contribution in [3.63, 3.8) is 0 Å². The number of aliphatic imine (C=N–C) groups is 1. The van der Waals surface area contributed by atoms with Crippen LogP contribution in [0.5, 0.6) is 0 Å². The van der Waals surface area contributed by atoms with Gasteiger partial charge >= 0.3 is 5.97 Å². The van der Waals surface area contributed by atoms with Crippen molar-refractivity contribution in [2.75, 3.05) is 13.1 Å². The quantitative estimate of drug-likeness (QED) is 0.794. The summed E-state index contributed by atoms with van der Waals surface area (Å²) >= 11 is 0. The fourth-order valence-electron chi connectivity index (χ4n) is 2.27. The lowest BCUT2D eigenvalue weighted by atomic mass is 10.1. The third-order valence-electron chi connectivity index (χ3n) is 3.27. The summed E-state index contributed by atoms with van der Waals surface area (Å²) in [5.41, 5.74) is 0.919. The Labute approximate surface area is 116 Å². The molecule has 3 heterocycles. The number of nitrogens with zero attached hydrogens (tertiary/aromatic N) is 2. The van der Waals surface area contributed by atoms with E-state index in [9.17, 15) is 9.90 Å². The average Bonchev–Trinajstić information content (AvgIpc) is 2.75. The minimum absolute atomic E-state index is 0.0613. The molecule has 6 nitrogen and oxygen atoms in total. The lowest BCUT2D eigenvalue weighted by Gasteiger charge is -2.13. The van der Waals surface area contributed by atoms with E-state index in [1.807, 2.05) is 18.2 Å². The van der Waals surface area contributed by atoms with Crippen molar-refractivity contribution in [2.24, 2.45) is 4.99 Å². The predicted molar refractivity (Wildman–Crippen MR) is 72.4 cm³/mol. The second kappa shape index (κ2) is 5.32. The summed E-state index contributed by atoms with van der Waals surface area (Å²) in [4.78, 5) is 20.3. The Morgan fingerprint density at radius 2 is 2.35 bits per heavy atom. The van der Waals surface area contributed by atoms with Gasteiger partial charge in [-0.2, -0.15) is 0 Å². The number of carbonyl (C=O) groups is 1. The van der Waals surface area contributed by atoms with Crippen molar-refractivity contribution in [1.82, 2.24) is 10.3 Å². The van der Waals surface area contributed by atoms with E-state index in [1.165, 1.54) is 0 Å². The second-order valence-corrected chi connectivity index (χ2v) is 4.69. The van der Waals surface area contributed by atoms with Crippen molar-refractivity contribution in [1.29, 1.82) is 0 Å². The molecule has 2 N–H and O–H groups in total. The van der Waals surface area contributed by atoms with Crippen molar-refractivity contribution < 1.29 is 14.6 Å². The van der Waals surface area contributed by atoms with Gasteiger partial charge in [0.1, 0.15) is 11.4 Å². The number of esters is 1. The van der Waals surface area contributed by atoms with Gasteiger partial charge in [-0.3, -0.25) is 9.98 Å². The minimum Gasteiger partial charge on any atom is -0.507 e. The van der Waals surface area contributed by atoms with Gasteiger partial charge in [-0.25, -0.2) is 4.79 Å². The SMILES string of the molecule is O=C1O[C@H](Cc2ccccn2)C(O)=C1C1=NCCCN1. The lowest BCUT2D eigenvalue weighted by Crippen LogP contribution is -2.33. The van der Waals surface area contributed by atoms with E-state index in [4.69, 9.17) is 4.74 Å². The number of carbonyl (C=O) groups excluding carboxylic acids is 1. The highest BCUT2D eigenvalue weighted by molar-refractivity contribution is 6.20. The van der Waals surface area contributed by atoms with E-state index in [0.29, 0.717) is 18.8 Å². The molecule has 0 unspecified atom stereocenters. The molecule has 0 saturated carbocycles. The average molecular weight is 273 g/mol. The van der Waals surface area contributed by atoms with Crippen LogP contribution in [0.25, 0.3) is 0 Å². The molecule has 104 valence electrons. The number of cyclic esters (lactones) is 1. The number of pyridine rings is 1. The van der Waals surface area contributed by atoms with Crippen molar-refractivity contribution in [2.45, 2.75) is 18.9 Å². The first kappa shape index (κ1) is 12.7. The smallest absolute Gasteiger partial charge is 0.346 e. The summed E-state index contributed by atoms with van der Waals surface area (Å²) in [6.45, 7) is 1.39. The zero-order chi connectivity index (χ0) is 13.9. The number of ether oxygens (including phenoxy) is 1. The van der Waals surface area contributed by atoms with Gasteiger partial charge in [-0.05, 0) is 18.6 Å². The maximum Gasteiger partial charge on any atom is 0.346 e. The Hall–Kier alpha value is -2.37. The van der Waals surface area contributed by atoms with Crippen LogP contribution in [0.2, 0.25) is 0 Å². The van der Waals surface area contributed by atoms with Gasteiger partial charge in [0.05, 0.1) is 0 Å². The Kier molecular flexibility index (Phi) is 3.37. The maximum atomic E-state index is 11.9. The fraction of sp³-hybridized carbons (Fsp3) is 0.357. The Morgan fingerprint density at radius 3 is 3.05 bits per heavy atom. The van der Waals surface area contributed by atoms with Crippen LogP contribution in [-0.2, 0) is 16.0 Å². The third-order valence-corrected chi connectivity index (χ3v) is 3.27. The molecule has 0 radical (unpaired) electrons. The first-order valence-electron chi connectivity index (χ1n) is 6.58. The van der Waals surface area contributed by atoms with Crippen LogP contribution >= 0.6 is 0 Å². The molecule has 6 heteroatoms. The highest BCUT2D eigenvalue weighted by atomic mass is 16.6. The summed E-state index contributed by atoms with van der Waals surface area (Å²) in [5.74, 6) is -0.160.